The maximum Gasteiger partial charge on any atom is 0.152 e. The molecule has 0 N–H and O–H groups in total. The first kappa shape index (κ1) is 12.2. The van der Waals surface area contributed by atoms with E-state index in [-0.39, 0.29) is 11.2 Å². The molecule has 1 nitrogen and oxygen atoms in total. The van der Waals surface area contributed by atoms with Crippen molar-refractivity contribution in [2.24, 2.45) is 17.3 Å². The predicted molar refractivity (Wildman–Crippen MR) is 64.6 cm³/mol. The highest BCUT2D eigenvalue weighted by Gasteiger charge is 2.38. The van der Waals surface area contributed by atoms with Crippen molar-refractivity contribution in [2.45, 2.75) is 40.5 Å². The lowest BCUT2D eigenvalue weighted by molar-refractivity contribution is -0.112. The van der Waals surface area contributed by atoms with Gasteiger partial charge in [0.05, 0.1) is 0 Å². The quantitative estimate of drug-likeness (QED) is 0.496. The predicted octanol–water partition coefficient (Wildman–Crippen LogP) is 3.76. The average Bonchev–Trinajstić information content (AvgIpc) is 2.11. The van der Waals surface area contributed by atoms with Gasteiger partial charge in [-0.15, -0.1) is 0 Å². The molecule has 0 aromatic rings. The Labute approximate surface area is 93.3 Å². The minimum absolute atomic E-state index is 0.122. The second-order valence-electron chi connectivity index (χ2n) is 5.37. The Morgan fingerprint density at radius 1 is 1.53 bits per heavy atom. The van der Waals surface area contributed by atoms with Crippen LogP contribution in [0, 0.1) is 17.3 Å². The topological polar surface area (TPSA) is 17.1 Å². The number of carbonyl (C=O) groups excluding carboxylic acids is 1. The maximum atomic E-state index is 11.0. The molecule has 0 radical (unpaired) electrons. The van der Waals surface area contributed by atoms with Crippen LogP contribution >= 0.6 is 0 Å². The Morgan fingerprint density at radius 3 is 2.67 bits per heavy atom. The molecule has 0 spiro atoms. The lowest BCUT2D eigenvalue weighted by Gasteiger charge is -2.44. The third-order valence-electron chi connectivity index (χ3n) is 3.93. The Kier molecular flexibility index (Phi) is 3.54. The normalized spacial score (nSPS) is 30.8. The van der Waals surface area contributed by atoms with Gasteiger partial charge in [0.2, 0.25) is 0 Å². The third kappa shape index (κ3) is 2.58. The van der Waals surface area contributed by atoms with E-state index in [2.05, 4.69) is 27.4 Å². The molecule has 0 amide bonds. The number of ketones is 1. The summed E-state index contributed by atoms with van der Waals surface area (Å²) in [6.07, 6.45) is 6.05. The van der Waals surface area contributed by atoms with Gasteiger partial charge >= 0.3 is 0 Å². The van der Waals surface area contributed by atoms with Crippen molar-refractivity contribution in [1.82, 2.24) is 0 Å². The van der Waals surface area contributed by atoms with Crippen LogP contribution in [0.2, 0.25) is 0 Å². The largest absolute Gasteiger partial charge is 0.295 e. The van der Waals surface area contributed by atoms with E-state index in [9.17, 15) is 4.79 Å². The summed E-state index contributed by atoms with van der Waals surface area (Å²) in [7, 11) is 0. The van der Waals surface area contributed by atoms with Crippen molar-refractivity contribution in [3.63, 3.8) is 0 Å². The van der Waals surface area contributed by atoms with Crippen molar-refractivity contribution in [3.8, 4) is 0 Å². The first-order valence-corrected chi connectivity index (χ1v) is 5.72. The summed E-state index contributed by atoms with van der Waals surface area (Å²) in [6.45, 7) is 12.6. The van der Waals surface area contributed by atoms with Crippen LogP contribution < -0.4 is 0 Å². The summed E-state index contributed by atoms with van der Waals surface area (Å²) in [4.78, 5) is 11.0. The van der Waals surface area contributed by atoms with Gasteiger partial charge in [-0.1, -0.05) is 39.0 Å². The van der Waals surface area contributed by atoms with E-state index in [0.29, 0.717) is 11.8 Å². The lowest BCUT2D eigenvalue weighted by Crippen LogP contribution is -2.35. The second-order valence-corrected chi connectivity index (χ2v) is 5.37. The van der Waals surface area contributed by atoms with Crippen molar-refractivity contribution in [3.05, 3.63) is 24.3 Å². The third-order valence-corrected chi connectivity index (χ3v) is 3.93. The molecular formula is C14H22O. The van der Waals surface area contributed by atoms with Gasteiger partial charge in [0.25, 0.3) is 0 Å². The molecule has 1 fully saturated rings. The highest BCUT2D eigenvalue weighted by Crippen LogP contribution is 2.47. The van der Waals surface area contributed by atoms with Gasteiger partial charge < -0.3 is 0 Å². The Morgan fingerprint density at radius 2 is 2.13 bits per heavy atom. The fourth-order valence-corrected chi connectivity index (χ4v) is 2.38. The fraction of sp³-hybridized carbons (Fsp3) is 0.643. The van der Waals surface area contributed by atoms with E-state index in [4.69, 9.17) is 0 Å². The number of rotatable bonds is 2. The molecule has 1 saturated carbocycles. The molecule has 1 aliphatic rings. The van der Waals surface area contributed by atoms with Crippen LogP contribution in [0.5, 0.6) is 0 Å². The molecule has 2 atom stereocenters. The molecule has 1 heteroatoms. The molecule has 1 rings (SSSR count). The Balaban J connectivity index is 2.90. The number of allylic oxidation sites excluding steroid dienone is 3. The van der Waals surface area contributed by atoms with Crippen molar-refractivity contribution in [1.29, 1.82) is 0 Å². The monoisotopic (exact) mass is 206 g/mol. The molecule has 0 unspecified atom stereocenters. The van der Waals surface area contributed by atoms with Gasteiger partial charge in [-0.25, -0.2) is 0 Å². The second kappa shape index (κ2) is 4.34. The van der Waals surface area contributed by atoms with Crippen LogP contribution in [0.15, 0.2) is 24.3 Å². The summed E-state index contributed by atoms with van der Waals surface area (Å²) in [5, 5.41) is 0. The van der Waals surface area contributed by atoms with Gasteiger partial charge in [-0.3, -0.25) is 4.79 Å². The van der Waals surface area contributed by atoms with Crippen LogP contribution in [0.4, 0.5) is 0 Å². The molecule has 15 heavy (non-hydrogen) atoms. The summed E-state index contributed by atoms with van der Waals surface area (Å²) in [5.41, 5.74) is 1.50. The van der Waals surface area contributed by atoms with Crippen molar-refractivity contribution >= 4 is 5.78 Å². The van der Waals surface area contributed by atoms with Crippen LogP contribution in [-0.2, 0) is 4.79 Å². The van der Waals surface area contributed by atoms with Crippen LogP contribution in [-0.4, -0.2) is 5.78 Å². The molecule has 0 heterocycles. The zero-order valence-electron chi connectivity index (χ0n) is 10.3. The highest BCUT2D eigenvalue weighted by molar-refractivity contribution is 5.87. The molecular weight excluding hydrogens is 184 g/mol. The zero-order chi connectivity index (χ0) is 11.6. The van der Waals surface area contributed by atoms with E-state index < -0.39 is 0 Å². The molecule has 0 aromatic heterocycles. The minimum atomic E-state index is 0.122. The maximum absolute atomic E-state index is 11.0. The standard InChI is InChI=1S/C14H22O/c1-10-6-7-11(2)14(4,5)13(10)9-8-12(3)15/h8-9,11,13H,1,6-7H2,2-5H3/b9-8+/t11-,13-/m0/s1. The zero-order valence-corrected chi connectivity index (χ0v) is 10.3. The summed E-state index contributed by atoms with van der Waals surface area (Å²) in [5.74, 6) is 1.16. The number of hydrogen-bond donors (Lipinski definition) is 0. The average molecular weight is 206 g/mol. The summed E-state index contributed by atoms with van der Waals surface area (Å²) >= 11 is 0. The summed E-state index contributed by atoms with van der Waals surface area (Å²) in [6, 6.07) is 0. The fourth-order valence-electron chi connectivity index (χ4n) is 2.38. The first-order chi connectivity index (χ1) is 6.85. The molecule has 0 bridgehead atoms. The first-order valence-electron chi connectivity index (χ1n) is 5.72. The van der Waals surface area contributed by atoms with Crippen LogP contribution in [0.25, 0.3) is 0 Å². The van der Waals surface area contributed by atoms with Gasteiger partial charge in [0.15, 0.2) is 5.78 Å². The van der Waals surface area contributed by atoms with E-state index in [1.165, 1.54) is 12.0 Å². The molecule has 0 aromatic carbocycles. The number of carbonyl (C=O) groups is 1. The lowest BCUT2D eigenvalue weighted by atomic mass is 9.61. The Bertz CT molecular complexity index is 296. The van der Waals surface area contributed by atoms with E-state index >= 15 is 0 Å². The smallest absolute Gasteiger partial charge is 0.152 e. The highest BCUT2D eigenvalue weighted by atomic mass is 16.1. The van der Waals surface area contributed by atoms with Crippen LogP contribution in [0.1, 0.15) is 40.5 Å². The van der Waals surface area contributed by atoms with E-state index in [1.54, 1.807) is 13.0 Å². The van der Waals surface area contributed by atoms with Crippen LogP contribution in [0.3, 0.4) is 0 Å². The van der Waals surface area contributed by atoms with Gasteiger partial charge in [0.1, 0.15) is 0 Å². The molecule has 84 valence electrons. The van der Waals surface area contributed by atoms with Gasteiger partial charge in [-0.2, -0.15) is 0 Å². The van der Waals surface area contributed by atoms with Crippen molar-refractivity contribution in [2.75, 3.05) is 0 Å². The van der Waals surface area contributed by atoms with Gasteiger partial charge in [0, 0.05) is 5.92 Å². The van der Waals surface area contributed by atoms with Crippen molar-refractivity contribution < 1.29 is 4.79 Å². The Hall–Kier alpha value is -0.850. The molecule has 0 aliphatic heterocycles. The summed E-state index contributed by atoms with van der Waals surface area (Å²) < 4.78 is 0. The minimum Gasteiger partial charge on any atom is -0.295 e. The van der Waals surface area contributed by atoms with Gasteiger partial charge in [-0.05, 0) is 37.2 Å². The molecule has 1 aliphatic carbocycles. The van der Waals surface area contributed by atoms with E-state index in [0.717, 1.165) is 6.42 Å². The molecule has 0 saturated heterocycles. The SMILES string of the molecule is C=C1CC[C@H](C)C(C)(C)[C@H]1/C=C/C(C)=O. The van der Waals surface area contributed by atoms with E-state index in [1.807, 2.05) is 6.08 Å². The number of hydrogen-bond acceptors (Lipinski definition) is 1.